The topological polar surface area (TPSA) is 66.2 Å². The molecule has 0 spiro atoms. The molecule has 0 amide bonds. The van der Waals surface area contributed by atoms with Crippen molar-refractivity contribution >= 4 is 28.6 Å². The van der Waals surface area contributed by atoms with Crippen molar-refractivity contribution < 1.29 is 31.8 Å². The number of carbonyl (C=O) groups is 1. The van der Waals surface area contributed by atoms with Crippen LogP contribution in [0, 0.1) is 5.82 Å². The number of rotatable bonds is 4. The average molecular weight is 418 g/mol. The van der Waals surface area contributed by atoms with Crippen LogP contribution in [0.25, 0.3) is 11.0 Å². The standard InChI is InChI=1S/C17H12ClF4N3O3/c1-8(16(26)27-2)25-14-7-10(3-4-13(14)23-24-25)28-15-11(18)5-9(6-12(15)19)17(20,21)22/h3-8H,1-2H3/t8-/m0/s1. The van der Waals surface area contributed by atoms with Crippen LogP contribution in [0.4, 0.5) is 17.6 Å². The number of alkyl halides is 3. The summed E-state index contributed by atoms with van der Waals surface area (Å²) in [5.41, 5.74) is -0.437. The first-order valence-electron chi connectivity index (χ1n) is 7.78. The van der Waals surface area contributed by atoms with Crippen LogP contribution in [-0.2, 0) is 15.7 Å². The number of carbonyl (C=O) groups excluding carboxylic acids is 1. The highest BCUT2D eigenvalue weighted by Crippen LogP contribution is 2.39. The number of fused-ring (bicyclic) bond motifs is 1. The molecule has 1 aromatic heterocycles. The van der Waals surface area contributed by atoms with Gasteiger partial charge in [-0.3, -0.25) is 0 Å². The Morgan fingerprint density at radius 2 is 1.96 bits per heavy atom. The smallest absolute Gasteiger partial charge is 0.416 e. The Balaban J connectivity index is 1.98. The van der Waals surface area contributed by atoms with Crippen LogP contribution in [0.15, 0.2) is 30.3 Å². The second-order valence-electron chi connectivity index (χ2n) is 5.75. The van der Waals surface area contributed by atoms with Crippen molar-refractivity contribution in [3.8, 4) is 11.5 Å². The van der Waals surface area contributed by atoms with Crippen LogP contribution < -0.4 is 4.74 Å². The molecule has 0 aliphatic heterocycles. The zero-order valence-corrected chi connectivity index (χ0v) is 15.2. The van der Waals surface area contributed by atoms with E-state index in [2.05, 4.69) is 15.0 Å². The minimum atomic E-state index is -4.75. The highest BCUT2D eigenvalue weighted by molar-refractivity contribution is 6.32. The van der Waals surface area contributed by atoms with Gasteiger partial charge in [0.2, 0.25) is 0 Å². The van der Waals surface area contributed by atoms with Gasteiger partial charge >= 0.3 is 12.1 Å². The van der Waals surface area contributed by atoms with Crippen molar-refractivity contribution in [2.24, 2.45) is 0 Å². The molecule has 11 heteroatoms. The molecule has 28 heavy (non-hydrogen) atoms. The third kappa shape index (κ3) is 3.72. The number of nitrogens with zero attached hydrogens (tertiary/aromatic N) is 3. The van der Waals surface area contributed by atoms with Crippen LogP contribution >= 0.6 is 11.6 Å². The molecule has 0 unspecified atom stereocenters. The lowest BCUT2D eigenvalue weighted by Gasteiger charge is -2.13. The summed E-state index contributed by atoms with van der Waals surface area (Å²) in [4.78, 5) is 11.7. The lowest BCUT2D eigenvalue weighted by Crippen LogP contribution is -2.18. The summed E-state index contributed by atoms with van der Waals surface area (Å²) < 4.78 is 63.6. The molecule has 0 saturated carbocycles. The van der Waals surface area contributed by atoms with Crippen LogP contribution in [0.2, 0.25) is 5.02 Å². The zero-order valence-electron chi connectivity index (χ0n) is 14.4. The molecule has 1 heterocycles. The molecule has 6 nitrogen and oxygen atoms in total. The molecule has 3 rings (SSSR count). The lowest BCUT2D eigenvalue weighted by atomic mass is 10.2. The Labute approximate surface area is 160 Å². The molecule has 0 saturated heterocycles. The molecule has 0 bridgehead atoms. The van der Waals surface area contributed by atoms with Gasteiger partial charge in [-0.25, -0.2) is 13.9 Å². The maximum atomic E-state index is 14.1. The van der Waals surface area contributed by atoms with E-state index in [1.165, 1.54) is 30.0 Å². The molecular weight excluding hydrogens is 406 g/mol. The highest BCUT2D eigenvalue weighted by atomic mass is 35.5. The van der Waals surface area contributed by atoms with Crippen molar-refractivity contribution in [1.82, 2.24) is 15.0 Å². The number of esters is 1. The number of methoxy groups -OCH3 is 1. The second kappa shape index (κ2) is 7.27. The van der Waals surface area contributed by atoms with E-state index >= 15 is 0 Å². The molecule has 0 fully saturated rings. The van der Waals surface area contributed by atoms with Gasteiger partial charge in [-0.05, 0) is 31.2 Å². The zero-order chi connectivity index (χ0) is 20.6. The number of hydrogen-bond acceptors (Lipinski definition) is 5. The highest BCUT2D eigenvalue weighted by Gasteiger charge is 2.32. The van der Waals surface area contributed by atoms with Gasteiger partial charge in [-0.1, -0.05) is 16.8 Å². The summed E-state index contributed by atoms with van der Waals surface area (Å²) in [6.45, 7) is 1.54. The first kappa shape index (κ1) is 19.9. The van der Waals surface area contributed by atoms with E-state index in [9.17, 15) is 22.4 Å². The van der Waals surface area contributed by atoms with Gasteiger partial charge in [-0.15, -0.1) is 5.10 Å². The van der Waals surface area contributed by atoms with E-state index in [4.69, 9.17) is 16.3 Å². The van der Waals surface area contributed by atoms with Crippen molar-refractivity contribution in [3.05, 3.63) is 46.7 Å². The average Bonchev–Trinajstić information content (AvgIpc) is 3.05. The van der Waals surface area contributed by atoms with E-state index < -0.39 is 40.3 Å². The number of benzene rings is 2. The van der Waals surface area contributed by atoms with Crippen LogP contribution in [0.5, 0.6) is 11.5 Å². The molecular formula is C17H12ClF4N3O3. The minimum absolute atomic E-state index is 0.0636. The van der Waals surface area contributed by atoms with Gasteiger partial charge < -0.3 is 9.47 Å². The Hall–Kier alpha value is -2.88. The summed E-state index contributed by atoms with van der Waals surface area (Å²) in [6.07, 6.45) is -4.75. The fraction of sp³-hybridized carbons (Fsp3) is 0.235. The Kier molecular flexibility index (Phi) is 5.16. The summed E-state index contributed by atoms with van der Waals surface area (Å²) >= 11 is 5.77. The SMILES string of the molecule is COC(=O)[C@H](C)n1nnc2ccc(Oc3c(F)cc(C(F)(F)F)cc3Cl)cc21. The van der Waals surface area contributed by atoms with Gasteiger partial charge in [-0.2, -0.15) is 13.2 Å². The largest absolute Gasteiger partial charge is 0.467 e. The number of aromatic nitrogens is 3. The van der Waals surface area contributed by atoms with Gasteiger partial charge in [0, 0.05) is 6.07 Å². The minimum Gasteiger partial charge on any atom is -0.467 e. The fourth-order valence-corrected chi connectivity index (χ4v) is 2.72. The normalized spacial score (nSPS) is 12.8. The van der Waals surface area contributed by atoms with Crippen LogP contribution in [0.3, 0.4) is 0 Å². The van der Waals surface area contributed by atoms with Gasteiger partial charge in [0.25, 0.3) is 0 Å². The Morgan fingerprint density at radius 3 is 2.57 bits per heavy atom. The first-order chi connectivity index (χ1) is 13.1. The fourth-order valence-electron chi connectivity index (χ4n) is 2.47. The van der Waals surface area contributed by atoms with Crippen LogP contribution in [-0.4, -0.2) is 28.1 Å². The molecule has 2 aromatic carbocycles. The van der Waals surface area contributed by atoms with Crippen molar-refractivity contribution in [3.63, 3.8) is 0 Å². The molecule has 0 N–H and O–H groups in total. The lowest BCUT2D eigenvalue weighted by molar-refractivity contribution is -0.144. The quantitative estimate of drug-likeness (QED) is 0.452. The third-order valence-corrected chi connectivity index (χ3v) is 4.18. The predicted octanol–water partition coefficient (Wildman–Crippen LogP) is 4.77. The van der Waals surface area contributed by atoms with Crippen molar-refractivity contribution in [2.45, 2.75) is 19.1 Å². The molecule has 0 aliphatic rings. The number of halogens is 5. The van der Waals surface area contributed by atoms with Gasteiger partial charge in [0.15, 0.2) is 11.6 Å². The molecule has 148 valence electrons. The van der Waals surface area contributed by atoms with Gasteiger partial charge in [0.1, 0.15) is 17.3 Å². The Morgan fingerprint density at radius 1 is 1.25 bits per heavy atom. The maximum Gasteiger partial charge on any atom is 0.416 e. The third-order valence-electron chi connectivity index (χ3n) is 3.90. The number of hydrogen-bond donors (Lipinski definition) is 0. The maximum absolute atomic E-state index is 14.1. The predicted molar refractivity (Wildman–Crippen MR) is 90.7 cm³/mol. The van der Waals surface area contributed by atoms with E-state index in [0.717, 1.165) is 0 Å². The monoisotopic (exact) mass is 417 g/mol. The Bertz CT molecular complexity index is 1030. The van der Waals surface area contributed by atoms with E-state index in [1.54, 1.807) is 6.92 Å². The van der Waals surface area contributed by atoms with E-state index in [1.807, 2.05) is 0 Å². The van der Waals surface area contributed by atoms with Gasteiger partial charge in [0.05, 0.1) is 23.2 Å². The summed E-state index contributed by atoms with van der Waals surface area (Å²) in [5.74, 6) is -2.33. The first-order valence-corrected chi connectivity index (χ1v) is 8.16. The van der Waals surface area contributed by atoms with Crippen molar-refractivity contribution in [2.75, 3.05) is 7.11 Å². The summed E-state index contributed by atoms with van der Waals surface area (Å²) in [7, 11) is 1.22. The summed E-state index contributed by atoms with van der Waals surface area (Å²) in [5, 5.41) is 7.23. The van der Waals surface area contributed by atoms with E-state index in [-0.39, 0.29) is 5.75 Å². The number of ether oxygens (including phenoxy) is 2. The summed E-state index contributed by atoms with van der Waals surface area (Å²) in [6, 6.07) is 4.39. The molecule has 0 radical (unpaired) electrons. The van der Waals surface area contributed by atoms with E-state index in [0.29, 0.717) is 23.2 Å². The second-order valence-corrected chi connectivity index (χ2v) is 6.16. The molecule has 3 aromatic rings. The van der Waals surface area contributed by atoms with Crippen molar-refractivity contribution in [1.29, 1.82) is 0 Å². The molecule has 1 atom stereocenters. The molecule has 0 aliphatic carbocycles. The van der Waals surface area contributed by atoms with Crippen LogP contribution in [0.1, 0.15) is 18.5 Å².